The number of rotatable bonds is 7. The van der Waals surface area contributed by atoms with Gasteiger partial charge in [0, 0.05) is 30.5 Å². The van der Waals surface area contributed by atoms with E-state index in [1.165, 1.54) is 31.4 Å². The summed E-state index contributed by atoms with van der Waals surface area (Å²) in [5.41, 5.74) is 1.76. The van der Waals surface area contributed by atoms with Crippen LogP contribution < -0.4 is 24.4 Å². The highest BCUT2D eigenvalue weighted by Crippen LogP contribution is 2.32. The van der Waals surface area contributed by atoms with E-state index < -0.39 is 22.0 Å². The van der Waals surface area contributed by atoms with Gasteiger partial charge in [-0.1, -0.05) is 13.8 Å². The van der Waals surface area contributed by atoms with Gasteiger partial charge in [-0.2, -0.15) is 4.72 Å². The van der Waals surface area contributed by atoms with Crippen molar-refractivity contribution >= 4 is 27.3 Å². The lowest BCUT2D eigenvalue weighted by atomic mass is 10.0. The van der Waals surface area contributed by atoms with E-state index in [-0.39, 0.29) is 10.8 Å². The second-order valence-corrected chi connectivity index (χ2v) is 10.4. The summed E-state index contributed by atoms with van der Waals surface area (Å²) < 4.78 is 39.5. The van der Waals surface area contributed by atoms with Crippen LogP contribution in [0, 0.1) is 5.92 Å². The van der Waals surface area contributed by atoms with E-state index in [4.69, 9.17) is 9.47 Å². The molecule has 1 saturated heterocycles. The van der Waals surface area contributed by atoms with Gasteiger partial charge in [-0.3, -0.25) is 4.79 Å². The van der Waals surface area contributed by atoms with Crippen LogP contribution in [0.25, 0.3) is 0 Å². The number of piperidine rings is 1. The van der Waals surface area contributed by atoms with E-state index in [1.54, 1.807) is 19.9 Å². The van der Waals surface area contributed by atoms with Crippen molar-refractivity contribution in [3.05, 3.63) is 42.5 Å². The zero-order valence-electron chi connectivity index (χ0n) is 19.0. The first-order chi connectivity index (χ1) is 15.8. The van der Waals surface area contributed by atoms with E-state index in [2.05, 4.69) is 14.9 Å². The van der Waals surface area contributed by atoms with Crippen LogP contribution >= 0.6 is 0 Å². The van der Waals surface area contributed by atoms with Crippen LogP contribution in [-0.4, -0.2) is 46.7 Å². The standard InChI is InChI=1S/C24H31N3O5S/c1-17(2)23(26-33(29,30)20-10-11-21-22(16-20)32-15-14-31-21)24(28)25-18-6-8-19(9-7-18)27-12-4-3-5-13-27/h6-11,16-17,23,26H,3-5,12-15H2,1-2H3,(H,25,28)/t23-/m0/s1. The average molecular weight is 474 g/mol. The maximum absolute atomic E-state index is 13.0. The summed E-state index contributed by atoms with van der Waals surface area (Å²) in [4.78, 5) is 15.4. The number of carbonyl (C=O) groups is 1. The van der Waals surface area contributed by atoms with Crippen molar-refractivity contribution in [2.45, 2.75) is 44.0 Å². The predicted molar refractivity (Wildman–Crippen MR) is 128 cm³/mol. The number of carbonyl (C=O) groups excluding carboxylic acids is 1. The van der Waals surface area contributed by atoms with Gasteiger partial charge in [-0.15, -0.1) is 0 Å². The van der Waals surface area contributed by atoms with Gasteiger partial charge >= 0.3 is 0 Å². The number of nitrogens with zero attached hydrogens (tertiary/aromatic N) is 1. The molecule has 2 aromatic carbocycles. The quantitative estimate of drug-likeness (QED) is 0.640. The zero-order chi connectivity index (χ0) is 23.4. The molecule has 0 bridgehead atoms. The fourth-order valence-electron chi connectivity index (χ4n) is 4.05. The summed E-state index contributed by atoms with van der Waals surface area (Å²) in [5, 5.41) is 2.85. The van der Waals surface area contributed by atoms with E-state index >= 15 is 0 Å². The smallest absolute Gasteiger partial charge is 0.242 e. The third-order valence-corrected chi connectivity index (χ3v) is 7.35. The third kappa shape index (κ3) is 5.59. The van der Waals surface area contributed by atoms with Gasteiger partial charge in [-0.25, -0.2) is 8.42 Å². The van der Waals surface area contributed by atoms with Crippen LogP contribution in [0.5, 0.6) is 11.5 Å². The first-order valence-corrected chi connectivity index (χ1v) is 12.9. The minimum atomic E-state index is -3.95. The summed E-state index contributed by atoms with van der Waals surface area (Å²) in [6, 6.07) is 11.2. The Bertz CT molecular complexity index is 1080. The summed E-state index contributed by atoms with van der Waals surface area (Å²) in [6.07, 6.45) is 3.65. The van der Waals surface area contributed by atoms with Gasteiger partial charge < -0.3 is 19.7 Å². The highest BCUT2D eigenvalue weighted by Gasteiger charge is 2.29. The fraction of sp³-hybridized carbons (Fsp3) is 0.458. The number of fused-ring (bicyclic) bond motifs is 1. The van der Waals surface area contributed by atoms with Crippen LogP contribution in [0.15, 0.2) is 47.4 Å². The molecule has 4 rings (SSSR count). The molecule has 0 saturated carbocycles. The number of ether oxygens (including phenoxy) is 2. The van der Waals surface area contributed by atoms with Gasteiger partial charge in [0.1, 0.15) is 19.3 Å². The molecule has 9 heteroatoms. The van der Waals surface area contributed by atoms with Gasteiger partial charge in [0.2, 0.25) is 15.9 Å². The summed E-state index contributed by atoms with van der Waals surface area (Å²) in [7, 11) is -3.95. The predicted octanol–water partition coefficient (Wildman–Crippen LogP) is 3.39. The van der Waals surface area contributed by atoms with Gasteiger partial charge in [0.25, 0.3) is 0 Å². The number of anilines is 2. The SMILES string of the molecule is CC(C)[C@H](NS(=O)(=O)c1ccc2c(c1)OCCO2)C(=O)Nc1ccc(N2CCCCC2)cc1. The lowest BCUT2D eigenvalue weighted by Crippen LogP contribution is -2.47. The van der Waals surface area contributed by atoms with Crippen molar-refractivity contribution in [3.63, 3.8) is 0 Å². The molecule has 2 N–H and O–H groups in total. The number of benzene rings is 2. The molecular formula is C24H31N3O5S. The fourth-order valence-corrected chi connectivity index (χ4v) is 5.41. The Hall–Kier alpha value is -2.78. The number of hydrogen-bond acceptors (Lipinski definition) is 6. The monoisotopic (exact) mass is 473 g/mol. The van der Waals surface area contributed by atoms with Crippen LogP contribution in [0.3, 0.4) is 0 Å². The lowest BCUT2D eigenvalue weighted by Gasteiger charge is -2.29. The van der Waals surface area contributed by atoms with Gasteiger partial charge in [0.15, 0.2) is 11.5 Å². The largest absolute Gasteiger partial charge is 0.486 e. The third-order valence-electron chi connectivity index (χ3n) is 5.91. The first kappa shape index (κ1) is 23.4. The number of nitrogens with one attached hydrogen (secondary N) is 2. The molecular weight excluding hydrogens is 442 g/mol. The van der Waals surface area contributed by atoms with Crippen molar-refractivity contribution in [1.82, 2.24) is 4.72 Å². The minimum Gasteiger partial charge on any atom is -0.486 e. The molecule has 0 spiro atoms. The molecule has 0 radical (unpaired) electrons. The summed E-state index contributed by atoms with van der Waals surface area (Å²) in [5.74, 6) is 0.219. The Balaban J connectivity index is 1.45. The molecule has 2 aliphatic heterocycles. The number of amides is 1. The summed E-state index contributed by atoms with van der Waals surface area (Å²) >= 11 is 0. The molecule has 2 heterocycles. The molecule has 2 aliphatic rings. The first-order valence-electron chi connectivity index (χ1n) is 11.4. The second-order valence-electron chi connectivity index (χ2n) is 8.73. The highest BCUT2D eigenvalue weighted by molar-refractivity contribution is 7.89. The Morgan fingerprint density at radius 3 is 2.27 bits per heavy atom. The molecule has 1 atom stereocenters. The minimum absolute atomic E-state index is 0.0242. The van der Waals surface area contributed by atoms with Crippen molar-refractivity contribution < 1.29 is 22.7 Å². The second kappa shape index (κ2) is 10.0. The molecule has 178 valence electrons. The maximum atomic E-state index is 13.0. The lowest BCUT2D eigenvalue weighted by molar-refractivity contribution is -0.118. The topological polar surface area (TPSA) is 97.0 Å². The molecule has 33 heavy (non-hydrogen) atoms. The molecule has 1 amide bonds. The average Bonchev–Trinajstić information content (AvgIpc) is 2.83. The molecule has 0 aromatic heterocycles. The molecule has 0 aliphatic carbocycles. The van der Waals surface area contributed by atoms with Crippen LogP contribution in [0.2, 0.25) is 0 Å². The van der Waals surface area contributed by atoms with Crippen LogP contribution in [0.4, 0.5) is 11.4 Å². The van der Waals surface area contributed by atoms with Crippen LogP contribution in [-0.2, 0) is 14.8 Å². The zero-order valence-corrected chi connectivity index (χ0v) is 19.9. The van der Waals surface area contributed by atoms with E-state index in [0.717, 1.165) is 18.8 Å². The number of sulfonamides is 1. The molecule has 1 fully saturated rings. The van der Waals surface area contributed by atoms with E-state index in [1.807, 2.05) is 24.3 Å². The van der Waals surface area contributed by atoms with Crippen molar-refractivity contribution in [2.75, 3.05) is 36.5 Å². The normalized spacial score (nSPS) is 17.0. The van der Waals surface area contributed by atoms with Crippen molar-refractivity contribution in [2.24, 2.45) is 5.92 Å². The van der Waals surface area contributed by atoms with Crippen LogP contribution in [0.1, 0.15) is 33.1 Å². The molecule has 8 nitrogen and oxygen atoms in total. The van der Waals surface area contributed by atoms with E-state index in [0.29, 0.717) is 30.4 Å². The van der Waals surface area contributed by atoms with Gasteiger partial charge in [0.05, 0.1) is 4.90 Å². The van der Waals surface area contributed by atoms with E-state index in [9.17, 15) is 13.2 Å². The number of hydrogen-bond donors (Lipinski definition) is 2. The van der Waals surface area contributed by atoms with Gasteiger partial charge in [-0.05, 0) is 61.6 Å². The van der Waals surface area contributed by atoms with Crippen molar-refractivity contribution in [3.8, 4) is 11.5 Å². The maximum Gasteiger partial charge on any atom is 0.242 e. The molecule has 0 unspecified atom stereocenters. The Kier molecular flexibility index (Phi) is 7.09. The van der Waals surface area contributed by atoms with Crippen molar-refractivity contribution in [1.29, 1.82) is 0 Å². The summed E-state index contributed by atoms with van der Waals surface area (Å²) in [6.45, 7) is 6.47. The Morgan fingerprint density at radius 1 is 0.939 bits per heavy atom. The Labute approximate surface area is 195 Å². The molecule has 2 aromatic rings. The Morgan fingerprint density at radius 2 is 1.61 bits per heavy atom. The highest BCUT2D eigenvalue weighted by atomic mass is 32.2.